The van der Waals surface area contributed by atoms with E-state index in [1.54, 1.807) is 24.3 Å². The van der Waals surface area contributed by atoms with Crippen LogP contribution >= 0.6 is 11.6 Å². The van der Waals surface area contributed by atoms with Crippen molar-refractivity contribution in [3.8, 4) is 0 Å². The highest BCUT2D eigenvalue weighted by Crippen LogP contribution is 2.26. The van der Waals surface area contributed by atoms with Gasteiger partial charge in [0.1, 0.15) is 6.54 Å². The summed E-state index contributed by atoms with van der Waals surface area (Å²) >= 11 is 6.08. The van der Waals surface area contributed by atoms with Crippen LogP contribution in [0.25, 0.3) is 0 Å². The number of hydrogen-bond donors (Lipinski definition) is 1. The molecule has 1 amide bonds. The number of amides is 1. The molecule has 1 aromatic carbocycles. The molecule has 1 fully saturated rings. The van der Waals surface area contributed by atoms with Gasteiger partial charge in [0.2, 0.25) is 10.0 Å². The number of sulfonamides is 1. The van der Waals surface area contributed by atoms with Crippen molar-refractivity contribution < 1.29 is 13.2 Å². The lowest BCUT2D eigenvalue weighted by Crippen LogP contribution is -2.39. The van der Waals surface area contributed by atoms with Crippen LogP contribution in [0.2, 0.25) is 5.02 Å². The van der Waals surface area contributed by atoms with Gasteiger partial charge in [-0.1, -0.05) is 43.0 Å². The molecule has 0 unspecified atom stereocenters. The van der Waals surface area contributed by atoms with Gasteiger partial charge < -0.3 is 0 Å². The van der Waals surface area contributed by atoms with E-state index in [1.165, 1.54) is 19.3 Å². The molecule has 1 aliphatic carbocycles. The summed E-state index contributed by atoms with van der Waals surface area (Å²) in [5, 5.41) is 4.47. The van der Waals surface area contributed by atoms with E-state index in [1.807, 2.05) is 0 Å². The third-order valence-corrected chi connectivity index (χ3v) is 5.52. The van der Waals surface area contributed by atoms with Crippen LogP contribution in [0.1, 0.15) is 44.9 Å². The first-order chi connectivity index (χ1) is 11.9. The topological polar surface area (TPSA) is 78.8 Å². The Morgan fingerprint density at radius 2 is 1.76 bits per heavy atom. The summed E-state index contributed by atoms with van der Waals surface area (Å²) in [7, 11) is -3.65. The second kappa shape index (κ2) is 9.20. The number of anilines is 1. The van der Waals surface area contributed by atoms with Crippen LogP contribution in [-0.2, 0) is 14.8 Å². The summed E-state index contributed by atoms with van der Waals surface area (Å²) in [5.41, 5.74) is 3.74. The number of nitrogens with one attached hydrogen (secondary N) is 1. The molecule has 2 rings (SSSR count). The Balaban J connectivity index is 2.06. The molecule has 1 N–H and O–H groups in total. The molecule has 0 radical (unpaired) electrons. The average Bonchev–Trinajstić information content (AvgIpc) is 2.51. The summed E-state index contributed by atoms with van der Waals surface area (Å²) in [6.07, 6.45) is 8.56. The van der Waals surface area contributed by atoms with Crippen molar-refractivity contribution in [1.82, 2.24) is 5.43 Å². The number of benzene rings is 1. The fourth-order valence-electron chi connectivity index (χ4n) is 2.77. The molecule has 0 aliphatic heterocycles. The van der Waals surface area contributed by atoms with Crippen molar-refractivity contribution >= 4 is 38.9 Å². The third-order valence-electron chi connectivity index (χ3n) is 4.08. The monoisotopic (exact) mass is 385 g/mol. The maximum Gasteiger partial charge on any atom is 0.260 e. The minimum atomic E-state index is -3.65. The summed E-state index contributed by atoms with van der Waals surface area (Å²) in [6.45, 7) is -0.362. The van der Waals surface area contributed by atoms with Crippen molar-refractivity contribution in [2.45, 2.75) is 44.9 Å². The Bertz CT molecular complexity index is 724. The molecule has 1 aliphatic rings. The van der Waals surface area contributed by atoms with Crippen molar-refractivity contribution in [3.05, 3.63) is 29.3 Å². The van der Waals surface area contributed by atoms with Crippen molar-refractivity contribution in [2.75, 3.05) is 17.1 Å². The first-order valence-corrected chi connectivity index (χ1v) is 10.7. The Morgan fingerprint density at radius 3 is 2.36 bits per heavy atom. The minimum absolute atomic E-state index is 0.270. The predicted octanol–water partition coefficient (Wildman–Crippen LogP) is 3.32. The van der Waals surface area contributed by atoms with Crippen LogP contribution in [0.5, 0.6) is 0 Å². The van der Waals surface area contributed by atoms with E-state index in [9.17, 15) is 13.2 Å². The smallest absolute Gasteiger partial charge is 0.260 e. The van der Waals surface area contributed by atoms with E-state index in [0.29, 0.717) is 0 Å². The van der Waals surface area contributed by atoms with Crippen LogP contribution in [0.4, 0.5) is 5.69 Å². The van der Waals surface area contributed by atoms with Crippen LogP contribution in [0, 0.1) is 0 Å². The summed E-state index contributed by atoms with van der Waals surface area (Å²) in [6, 6.07) is 6.53. The van der Waals surface area contributed by atoms with Crippen molar-refractivity contribution in [3.63, 3.8) is 0 Å². The first-order valence-electron chi connectivity index (χ1n) is 8.44. The Morgan fingerprint density at radius 1 is 1.16 bits per heavy atom. The Hall–Kier alpha value is -1.60. The van der Waals surface area contributed by atoms with Crippen molar-refractivity contribution in [1.29, 1.82) is 0 Å². The molecular formula is C17H24ClN3O3S. The van der Waals surface area contributed by atoms with Gasteiger partial charge in [0.15, 0.2) is 0 Å². The number of hydrazone groups is 1. The quantitative estimate of drug-likeness (QED) is 0.789. The van der Waals surface area contributed by atoms with E-state index < -0.39 is 15.9 Å². The normalized spacial score (nSPS) is 15.8. The second-order valence-electron chi connectivity index (χ2n) is 6.20. The number of carbonyl (C=O) groups excluding carboxylic acids is 1. The van der Waals surface area contributed by atoms with Gasteiger partial charge in [-0.15, -0.1) is 0 Å². The molecule has 0 heterocycles. The fourth-order valence-corrected chi connectivity index (χ4v) is 3.92. The van der Waals surface area contributed by atoms with Gasteiger partial charge in [0.05, 0.1) is 17.0 Å². The molecule has 0 bridgehead atoms. The van der Waals surface area contributed by atoms with Gasteiger partial charge in [-0.25, -0.2) is 13.8 Å². The van der Waals surface area contributed by atoms with E-state index in [-0.39, 0.29) is 17.3 Å². The van der Waals surface area contributed by atoms with Gasteiger partial charge in [0.25, 0.3) is 5.91 Å². The molecule has 138 valence electrons. The zero-order valence-electron chi connectivity index (χ0n) is 14.4. The number of rotatable bonds is 5. The van der Waals surface area contributed by atoms with Crippen molar-refractivity contribution in [2.24, 2.45) is 5.10 Å². The lowest BCUT2D eigenvalue weighted by Gasteiger charge is -2.22. The standard InChI is InChI=1S/C17H24ClN3O3S/c1-25(23,24)21(16-12-8-7-11-15(16)18)13-17(22)20-19-14-9-5-3-2-4-6-10-14/h7-8,11-12H,2-6,9-10,13H2,1H3,(H,20,22). The van der Waals surface area contributed by atoms with Crippen LogP contribution in [-0.4, -0.2) is 32.8 Å². The lowest BCUT2D eigenvalue weighted by atomic mass is 9.99. The number of nitrogens with zero attached hydrogens (tertiary/aromatic N) is 2. The second-order valence-corrected chi connectivity index (χ2v) is 8.52. The number of para-hydroxylation sites is 1. The number of halogens is 1. The molecule has 0 atom stereocenters. The maximum atomic E-state index is 12.2. The Kier molecular flexibility index (Phi) is 7.25. The number of hydrogen-bond acceptors (Lipinski definition) is 4. The third kappa shape index (κ3) is 6.32. The fraction of sp³-hybridized carbons (Fsp3) is 0.529. The molecule has 0 saturated heterocycles. The largest absolute Gasteiger partial charge is 0.271 e. The van der Waals surface area contributed by atoms with E-state index in [4.69, 9.17) is 11.6 Å². The molecule has 0 aromatic heterocycles. The molecule has 8 heteroatoms. The van der Waals surface area contributed by atoms with Crippen LogP contribution in [0.3, 0.4) is 0 Å². The zero-order valence-corrected chi connectivity index (χ0v) is 15.9. The minimum Gasteiger partial charge on any atom is -0.271 e. The maximum absolute atomic E-state index is 12.2. The predicted molar refractivity (Wildman–Crippen MR) is 102 cm³/mol. The summed E-state index contributed by atoms with van der Waals surface area (Å²) in [4.78, 5) is 12.2. The SMILES string of the molecule is CS(=O)(=O)N(CC(=O)NN=C1CCCCCCC1)c1ccccc1Cl. The molecule has 0 spiro atoms. The van der Waals surface area contributed by atoms with Gasteiger partial charge in [-0.05, 0) is 37.8 Å². The van der Waals surface area contributed by atoms with E-state index >= 15 is 0 Å². The highest BCUT2D eigenvalue weighted by atomic mass is 35.5. The van der Waals surface area contributed by atoms with Gasteiger partial charge >= 0.3 is 0 Å². The molecular weight excluding hydrogens is 362 g/mol. The summed E-state index contributed by atoms with van der Waals surface area (Å²) in [5.74, 6) is -0.486. The first kappa shape index (κ1) is 19.7. The highest BCUT2D eigenvalue weighted by molar-refractivity contribution is 7.92. The summed E-state index contributed by atoms with van der Waals surface area (Å²) < 4.78 is 25.1. The van der Waals surface area contributed by atoms with Crippen LogP contribution < -0.4 is 9.73 Å². The van der Waals surface area contributed by atoms with E-state index in [0.717, 1.165) is 42.0 Å². The number of carbonyl (C=O) groups is 1. The van der Waals surface area contributed by atoms with Gasteiger partial charge in [-0.3, -0.25) is 9.10 Å². The molecule has 1 aromatic rings. The van der Waals surface area contributed by atoms with Crippen LogP contribution in [0.15, 0.2) is 29.4 Å². The van der Waals surface area contributed by atoms with E-state index in [2.05, 4.69) is 10.5 Å². The molecule has 1 saturated carbocycles. The highest BCUT2D eigenvalue weighted by Gasteiger charge is 2.22. The average molecular weight is 386 g/mol. The molecule has 6 nitrogen and oxygen atoms in total. The lowest BCUT2D eigenvalue weighted by molar-refractivity contribution is -0.119. The van der Waals surface area contributed by atoms with Gasteiger partial charge in [-0.2, -0.15) is 5.10 Å². The molecule has 25 heavy (non-hydrogen) atoms. The van der Waals surface area contributed by atoms with Gasteiger partial charge in [0, 0.05) is 5.71 Å². The zero-order chi connectivity index (χ0) is 18.3. The Labute approximate surface area is 154 Å².